The van der Waals surface area contributed by atoms with E-state index in [9.17, 15) is 9.59 Å². The molecule has 1 saturated heterocycles. The van der Waals surface area contributed by atoms with E-state index >= 15 is 0 Å². The van der Waals surface area contributed by atoms with Gasteiger partial charge in [-0.15, -0.1) is 0 Å². The van der Waals surface area contributed by atoms with E-state index in [4.69, 9.17) is 4.74 Å². The van der Waals surface area contributed by atoms with Crippen LogP contribution in [0.1, 0.15) is 12.5 Å². The molecule has 2 aromatic rings. The molecule has 0 atom stereocenters. The van der Waals surface area contributed by atoms with Gasteiger partial charge in [-0.25, -0.2) is 0 Å². The minimum Gasteiger partial charge on any atom is -0.457 e. The number of carbonyl (C=O) groups is 2. The number of rotatable bonds is 5. The van der Waals surface area contributed by atoms with Crippen LogP contribution in [-0.2, 0) is 9.59 Å². The molecular formula is C21H25N3O3. The van der Waals surface area contributed by atoms with Gasteiger partial charge in [-0.1, -0.05) is 12.1 Å². The number of benzene rings is 2. The molecule has 0 bridgehead atoms. The average molecular weight is 367 g/mol. The molecule has 3 rings (SSSR count). The van der Waals surface area contributed by atoms with E-state index in [0.717, 1.165) is 35.8 Å². The number of hydrogen-bond acceptors (Lipinski definition) is 4. The fourth-order valence-corrected chi connectivity index (χ4v) is 3.05. The fourth-order valence-electron chi connectivity index (χ4n) is 3.05. The Balaban J connectivity index is 1.48. The molecule has 6 heteroatoms. The van der Waals surface area contributed by atoms with Crippen LogP contribution in [-0.4, -0.2) is 54.3 Å². The van der Waals surface area contributed by atoms with Crippen molar-refractivity contribution in [1.29, 1.82) is 0 Å². The summed E-state index contributed by atoms with van der Waals surface area (Å²) in [6, 6.07) is 15.2. The highest BCUT2D eigenvalue weighted by molar-refractivity contribution is 5.92. The van der Waals surface area contributed by atoms with Crippen LogP contribution in [0.2, 0.25) is 0 Å². The highest BCUT2D eigenvalue weighted by Crippen LogP contribution is 2.23. The minimum absolute atomic E-state index is 0.0568. The molecule has 0 radical (unpaired) electrons. The average Bonchev–Trinajstić information content (AvgIpc) is 2.64. The van der Waals surface area contributed by atoms with E-state index in [1.165, 1.54) is 0 Å². The van der Waals surface area contributed by atoms with E-state index in [-0.39, 0.29) is 11.8 Å². The lowest BCUT2D eigenvalue weighted by atomic mass is 10.2. The van der Waals surface area contributed by atoms with Gasteiger partial charge in [0.25, 0.3) is 0 Å². The lowest BCUT2D eigenvalue weighted by Crippen LogP contribution is -2.49. The van der Waals surface area contributed by atoms with Gasteiger partial charge in [0.15, 0.2) is 0 Å². The SMILES string of the molecule is CC(=O)N1CCN(CC(=O)Nc2ccc(Oc3cccc(C)c3)cc2)CC1. The Morgan fingerprint density at radius 2 is 1.70 bits per heavy atom. The zero-order chi connectivity index (χ0) is 19.2. The molecule has 142 valence electrons. The van der Waals surface area contributed by atoms with E-state index in [2.05, 4.69) is 10.2 Å². The van der Waals surface area contributed by atoms with Crippen LogP contribution in [0.5, 0.6) is 11.5 Å². The highest BCUT2D eigenvalue weighted by atomic mass is 16.5. The van der Waals surface area contributed by atoms with Crippen molar-refractivity contribution >= 4 is 17.5 Å². The molecule has 0 spiro atoms. The van der Waals surface area contributed by atoms with Crippen LogP contribution in [0, 0.1) is 6.92 Å². The number of nitrogens with zero attached hydrogens (tertiary/aromatic N) is 2. The molecule has 0 aliphatic carbocycles. The molecule has 0 unspecified atom stereocenters. The van der Waals surface area contributed by atoms with E-state index in [1.54, 1.807) is 11.8 Å². The fraction of sp³-hybridized carbons (Fsp3) is 0.333. The van der Waals surface area contributed by atoms with Gasteiger partial charge in [-0.2, -0.15) is 0 Å². The lowest BCUT2D eigenvalue weighted by Gasteiger charge is -2.33. The van der Waals surface area contributed by atoms with E-state index in [0.29, 0.717) is 19.6 Å². The predicted molar refractivity (Wildman–Crippen MR) is 105 cm³/mol. The number of amides is 2. The Hall–Kier alpha value is -2.86. The van der Waals surface area contributed by atoms with Crippen molar-refractivity contribution in [2.24, 2.45) is 0 Å². The van der Waals surface area contributed by atoms with E-state index < -0.39 is 0 Å². The zero-order valence-corrected chi connectivity index (χ0v) is 15.8. The van der Waals surface area contributed by atoms with Gasteiger partial charge >= 0.3 is 0 Å². The van der Waals surface area contributed by atoms with Gasteiger partial charge in [-0.05, 0) is 48.9 Å². The molecule has 1 heterocycles. The quantitative estimate of drug-likeness (QED) is 0.883. The third-order valence-electron chi connectivity index (χ3n) is 4.55. The maximum Gasteiger partial charge on any atom is 0.238 e. The van der Waals surface area contributed by atoms with Crippen LogP contribution in [0.4, 0.5) is 5.69 Å². The lowest BCUT2D eigenvalue weighted by molar-refractivity contribution is -0.130. The molecule has 1 fully saturated rings. The largest absolute Gasteiger partial charge is 0.457 e. The van der Waals surface area contributed by atoms with Gasteiger partial charge in [0.1, 0.15) is 11.5 Å². The first-order valence-electron chi connectivity index (χ1n) is 9.12. The Morgan fingerprint density at radius 1 is 1.00 bits per heavy atom. The van der Waals surface area contributed by atoms with Crippen molar-refractivity contribution in [1.82, 2.24) is 9.80 Å². The van der Waals surface area contributed by atoms with Crippen molar-refractivity contribution < 1.29 is 14.3 Å². The summed E-state index contributed by atoms with van der Waals surface area (Å²) < 4.78 is 5.82. The second kappa shape index (κ2) is 8.68. The third kappa shape index (κ3) is 5.56. The van der Waals surface area contributed by atoms with E-state index in [1.807, 2.05) is 55.5 Å². The topological polar surface area (TPSA) is 61.9 Å². The summed E-state index contributed by atoms with van der Waals surface area (Å²) in [6.07, 6.45) is 0. The summed E-state index contributed by atoms with van der Waals surface area (Å²) >= 11 is 0. The summed E-state index contributed by atoms with van der Waals surface area (Å²) in [6.45, 7) is 6.71. The van der Waals surface area contributed by atoms with Crippen LogP contribution in [0.15, 0.2) is 48.5 Å². The summed E-state index contributed by atoms with van der Waals surface area (Å²) in [4.78, 5) is 27.5. The smallest absolute Gasteiger partial charge is 0.238 e. The molecule has 0 saturated carbocycles. The maximum atomic E-state index is 12.2. The number of ether oxygens (including phenoxy) is 1. The number of piperazine rings is 1. The molecule has 2 aromatic carbocycles. The van der Waals surface area contributed by atoms with Crippen molar-refractivity contribution in [2.45, 2.75) is 13.8 Å². The molecule has 1 aliphatic heterocycles. The third-order valence-corrected chi connectivity index (χ3v) is 4.55. The van der Waals surface area contributed by atoms with Crippen LogP contribution >= 0.6 is 0 Å². The van der Waals surface area contributed by atoms with Gasteiger partial charge < -0.3 is 15.0 Å². The first-order chi connectivity index (χ1) is 13.0. The summed E-state index contributed by atoms with van der Waals surface area (Å²) in [7, 11) is 0. The van der Waals surface area contributed by atoms with Gasteiger partial charge in [0.2, 0.25) is 11.8 Å². The van der Waals surface area contributed by atoms with Crippen LogP contribution in [0.3, 0.4) is 0 Å². The molecule has 27 heavy (non-hydrogen) atoms. The minimum atomic E-state index is -0.0568. The molecule has 1 aliphatic rings. The van der Waals surface area contributed by atoms with Gasteiger partial charge in [0.05, 0.1) is 6.54 Å². The van der Waals surface area contributed by atoms with Crippen molar-refractivity contribution in [2.75, 3.05) is 38.0 Å². The molecular weight excluding hydrogens is 342 g/mol. The second-order valence-electron chi connectivity index (χ2n) is 6.77. The van der Waals surface area contributed by atoms with Crippen LogP contribution < -0.4 is 10.1 Å². The monoisotopic (exact) mass is 367 g/mol. The Labute approximate surface area is 159 Å². The van der Waals surface area contributed by atoms with Gasteiger partial charge in [-0.3, -0.25) is 14.5 Å². The number of nitrogens with one attached hydrogen (secondary N) is 1. The number of carbonyl (C=O) groups excluding carboxylic acids is 2. The maximum absolute atomic E-state index is 12.2. The standard InChI is InChI=1S/C21H25N3O3/c1-16-4-3-5-20(14-16)27-19-8-6-18(7-9-19)22-21(26)15-23-10-12-24(13-11-23)17(2)25/h3-9,14H,10-13,15H2,1-2H3,(H,22,26). The Morgan fingerprint density at radius 3 is 2.33 bits per heavy atom. The Bertz CT molecular complexity index is 797. The number of anilines is 1. The van der Waals surface area contributed by atoms with Crippen molar-refractivity contribution in [3.05, 3.63) is 54.1 Å². The summed E-state index contributed by atoms with van der Waals surface area (Å²) in [5.41, 5.74) is 1.87. The second-order valence-corrected chi connectivity index (χ2v) is 6.77. The normalized spacial score (nSPS) is 14.7. The molecule has 1 N–H and O–H groups in total. The molecule has 6 nitrogen and oxygen atoms in total. The van der Waals surface area contributed by atoms with Crippen molar-refractivity contribution in [3.63, 3.8) is 0 Å². The van der Waals surface area contributed by atoms with Crippen LogP contribution in [0.25, 0.3) is 0 Å². The number of hydrogen-bond donors (Lipinski definition) is 1. The van der Waals surface area contributed by atoms with Crippen molar-refractivity contribution in [3.8, 4) is 11.5 Å². The molecule has 0 aromatic heterocycles. The zero-order valence-electron chi connectivity index (χ0n) is 15.8. The van der Waals surface area contributed by atoms with Gasteiger partial charge in [0, 0.05) is 38.8 Å². The first-order valence-corrected chi connectivity index (χ1v) is 9.12. The predicted octanol–water partition coefficient (Wildman–Crippen LogP) is 2.89. The number of aryl methyl sites for hydroxylation is 1. The summed E-state index contributed by atoms with van der Waals surface area (Å²) in [5.74, 6) is 1.54. The summed E-state index contributed by atoms with van der Waals surface area (Å²) in [5, 5.41) is 2.91. The molecule has 2 amide bonds. The highest BCUT2D eigenvalue weighted by Gasteiger charge is 2.20. The Kier molecular flexibility index (Phi) is 6.08. The first kappa shape index (κ1) is 18.9.